The highest BCUT2D eigenvalue weighted by molar-refractivity contribution is 5.89. The summed E-state index contributed by atoms with van der Waals surface area (Å²) in [6.07, 6.45) is 5.23. The van der Waals surface area contributed by atoms with Crippen molar-refractivity contribution in [1.29, 1.82) is 0 Å². The lowest BCUT2D eigenvalue weighted by Crippen LogP contribution is -1.99. The highest BCUT2D eigenvalue weighted by atomic mass is 16.5. The summed E-state index contributed by atoms with van der Waals surface area (Å²) in [5.41, 5.74) is 1.45. The first-order valence-corrected chi connectivity index (χ1v) is 4.51. The molecule has 0 aromatic heterocycles. The van der Waals surface area contributed by atoms with E-state index < -0.39 is 5.97 Å². The minimum absolute atomic E-state index is 0.331. The fourth-order valence-corrected chi connectivity index (χ4v) is 0.977. The van der Waals surface area contributed by atoms with Crippen LogP contribution in [-0.4, -0.2) is 12.6 Å². The number of esters is 1. The average molecular weight is 198 g/mol. The predicted molar refractivity (Wildman–Crippen MR) is 57.9 cm³/mol. The standard InChI is InChI=1S/C13H10O2/c1-3-11-6-5-7-12(10-11)8-9-13(14)15-4-2/h1,5-7,10H,4H2,2H3. The summed E-state index contributed by atoms with van der Waals surface area (Å²) in [4.78, 5) is 10.9. The Bertz CT molecular complexity index is 455. The second kappa shape index (κ2) is 5.52. The van der Waals surface area contributed by atoms with Crippen molar-refractivity contribution in [3.63, 3.8) is 0 Å². The molecule has 0 aliphatic heterocycles. The molecule has 0 saturated heterocycles. The van der Waals surface area contributed by atoms with Gasteiger partial charge in [-0.15, -0.1) is 6.42 Å². The maximum absolute atomic E-state index is 10.9. The smallest absolute Gasteiger partial charge is 0.384 e. The number of carbonyl (C=O) groups is 1. The summed E-state index contributed by atoms with van der Waals surface area (Å²) < 4.78 is 4.67. The molecule has 0 atom stereocenters. The number of hydrogen-bond acceptors (Lipinski definition) is 2. The van der Waals surface area contributed by atoms with E-state index in [0.29, 0.717) is 12.2 Å². The van der Waals surface area contributed by atoms with E-state index in [1.807, 2.05) is 0 Å². The highest BCUT2D eigenvalue weighted by Crippen LogP contribution is 2.01. The molecule has 0 aliphatic carbocycles. The molecule has 0 bridgehead atoms. The second-order valence-corrected chi connectivity index (χ2v) is 2.70. The first kappa shape index (κ1) is 10.9. The molecule has 0 saturated carbocycles. The molecule has 0 radical (unpaired) electrons. The van der Waals surface area contributed by atoms with Crippen LogP contribution in [0.2, 0.25) is 0 Å². The fourth-order valence-electron chi connectivity index (χ4n) is 0.977. The minimum atomic E-state index is -0.524. The van der Waals surface area contributed by atoms with Crippen molar-refractivity contribution >= 4 is 5.97 Å². The zero-order chi connectivity index (χ0) is 11.1. The molecule has 0 heterocycles. The van der Waals surface area contributed by atoms with Gasteiger partial charge in [-0.2, -0.15) is 0 Å². The number of hydrogen-bond donors (Lipinski definition) is 0. The van der Waals surface area contributed by atoms with E-state index in [2.05, 4.69) is 22.5 Å². The molecule has 15 heavy (non-hydrogen) atoms. The summed E-state index contributed by atoms with van der Waals surface area (Å²) >= 11 is 0. The van der Waals surface area contributed by atoms with Gasteiger partial charge in [-0.1, -0.05) is 17.9 Å². The molecule has 2 nitrogen and oxygen atoms in total. The van der Waals surface area contributed by atoms with E-state index in [1.165, 1.54) is 0 Å². The summed E-state index contributed by atoms with van der Waals surface area (Å²) in [5.74, 6) is 7.03. The molecular weight excluding hydrogens is 188 g/mol. The first-order chi connectivity index (χ1) is 7.26. The Morgan fingerprint density at radius 2 is 2.20 bits per heavy atom. The van der Waals surface area contributed by atoms with Crippen LogP contribution in [0.1, 0.15) is 18.1 Å². The van der Waals surface area contributed by atoms with E-state index in [9.17, 15) is 4.79 Å². The van der Waals surface area contributed by atoms with E-state index in [0.717, 1.165) is 5.56 Å². The Kier molecular flexibility index (Phi) is 4.01. The van der Waals surface area contributed by atoms with Gasteiger partial charge in [-0.25, -0.2) is 4.79 Å². The molecule has 74 valence electrons. The molecule has 0 N–H and O–H groups in total. The van der Waals surface area contributed by atoms with Gasteiger partial charge in [-0.05, 0) is 25.1 Å². The maximum atomic E-state index is 10.9. The van der Waals surface area contributed by atoms with Gasteiger partial charge in [-0.3, -0.25) is 0 Å². The van der Waals surface area contributed by atoms with Crippen molar-refractivity contribution in [2.75, 3.05) is 6.61 Å². The zero-order valence-electron chi connectivity index (χ0n) is 8.41. The predicted octanol–water partition coefficient (Wildman–Crippen LogP) is 1.58. The zero-order valence-corrected chi connectivity index (χ0v) is 8.41. The molecular formula is C13H10O2. The van der Waals surface area contributed by atoms with E-state index >= 15 is 0 Å². The van der Waals surface area contributed by atoms with Gasteiger partial charge in [0.25, 0.3) is 0 Å². The van der Waals surface area contributed by atoms with Crippen LogP contribution in [0, 0.1) is 24.2 Å². The topological polar surface area (TPSA) is 26.3 Å². The van der Waals surface area contributed by atoms with Crippen molar-refractivity contribution in [2.24, 2.45) is 0 Å². The summed E-state index contributed by atoms with van der Waals surface area (Å²) in [6, 6.07) is 7.12. The Balaban J connectivity index is 2.80. The lowest BCUT2D eigenvalue weighted by molar-refractivity contribution is -0.136. The average Bonchev–Trinajstić information content (AvgIpc) is 2.27. The van der Waals surface area contributed by atoms with Gasteiger partial charge >= 0.3 is 5.97 Å². The van der Waals surface area contributed by atoms with E-state index in [1.54, 1.807) is 31.2 Å². The van der Waals surface area contributed by atoms with Gasteiger partial charge in [0.05, 0.1) is 6.61 Å². The quantitative estimate of drug-likeness (QED) is 0.506. The largest absolute Gasteiger partial charge is 0.456 e. The van der Waals surface area contributed by atoms with Gasteiger partial charge < -0.3 is 4.74 Å². The normalized spacial score (nSPS) is 8.27. The van der Waals surface area contributed by atoms with Gasteiger partial charge in [0.15, 0.2) is 0 Å². The van der Waals surface area contributed by atoms with Crippen LogP contribution in [0.5, 0.6) is 0 Å². The van der Waals surface area contributed by atoms with Crippen LogP contribution >= 0.6 is 0 Å². The molecule has 0 fully saturated rings. The Morgan fingerprint density at radius 1 is 1.47 bits per heavy atom. The molecule has 0 unspecified atom stereocenters. The van der Waals surface area contributed by atoms with Crippen molar-refractivity contribution in [3.8, 4) is 24.2 Å². The highest BCUT2D eigenvalue weighted by Gasteiger charge is 1.93. The summed E-state index contributed by atoms with van der Waals surface area (Å²) in [5, 5.41) is 0. The number of benzene rings is 1. The van der Waals surface area contributed by atoms with Crippen LogP contribution < -0.4 is 0 Å². The van der Waals surface area contributed by atoms with Crippen LogP contribution in [0.4, 0.5) is 0 Å². The molecule has 1 aromatic carbocycles. The molecule has 0 aliphatic rings. The molecule has 0 amide bonds. The molecule has 0 spiro atoms. The summed E-state index contributed by atoms with van der Waals surface area (Å²) in [6.45, 7) is 2.07. The number of ether oxygens (including phenoxy) is 1. The van der Waals surface area contributed by atoms with Crippen LogP contribution in [0.25, 0.3) is 0 Å². The van der Waals surface area contributed by atoms with E-state index in [-0.39, 0.29) is 0 Å². The summed E-state index contributed by atoms with van der Waals surface area (Å²) in [7, 11) is 0. The van der Waals surface area contributed by atoms with Crippen LogP contribution in [0.15, 0.2) is 24.3 Å². The Morgan fingerprint density at radius 3 is 2.87 bits per heavy atom. The molecule has 1 aromatic rings. The lowest BCUT2D eigenvalue weighted by Gasteiger charge is -1.92. The monoisotopic (exact) mass is 198 g/mol. The molecule has 2 heteroatoms. The Labute approximate surface area is 89.3 Å². The van der Waals surface area contributed by atoms with Crippen molar-refractivity contribution in [2.45, 2.75) is 6.92 Å². The van der Waals surface area contributed by atoms with E-state index in [4.69, 9.17) is 6.42 Å². The van der Waals surface area contributed by atoms with Crippen molar-refractivity contribution in [1.82, 2.24) is 0 Å². The third-order valence-corrected chi connectivity index (χ3v) is 1.61. The lowest BCUT2D eigenvalue weighted by atomic mass is 10.1. The van der Waals surface area contributed by atoms with Crippen molar-refractivity contribution < 1.29 is 9.53 Å². The maximum Gasteiger partial charge on any atom is 0.384 e. The van der Waals surface area contributed by atoms with Gasteiger partial charge in [0.1, 0.15) is 0 Å². The molecule has 1 rings (SSSR count). The number of carbonyl (C=O) groups excluding carboxylic acids is 1. The third kappa shape index (κ3) is 3.58. The first-order valence-electron chi connectivity index (χ1n) is 4.51. The Hall–Kier alpha value is -2.19. The van der Waals surface area contributed by atoms with Gasteiger partial charge in [0.2, 0.25) is 0 Å². The SMILES string of the molecule is C#Cc1cccc(C#CC(=O)OCC)c1. The fraction of sp³-hybridized carbons (Fsp3) is 0.154. The minimum Gasteiger partial charge on any atom is -0.456 e. The number of terminal acetylenes is 1. The second-order valence-electron chi connectivity index (χ2n) is 2.70. The van der Waals surface area contributed by atoms with Crippen molar-refractivity contribution in [3.05, 3.63) is 35.4 Å². The third-order valence-electron chi connectivity index (χ3n) is 1.61. The number of rotatable bonds is 1. The van der Waals surface area contributed by atoms with Gasteiger partial charge in [0, 0.05) is 17.0 Å². The van der Waals surface area contributed by atoms with Crippen LogP contribution in [0.3, 0.4) is 0 Å². The van der Waals surface area contributed by atoms with Crippen LogP contribution in [-0.2, 0) is 9.53 Å².